The van der Waals surface area contributed by atoms with E-state index < -0.39 is 0 Å². The molecule has 0 radical (unpaired) electrons. The summed E-state index contributed by atoms with van der Waals surface area (Å²) in [5.74, 6) is 2.46. The molecule has 2 aliphatic rings. The van der Waals surface area contributed by atoms with E-state index >= 15 is 0 Å². The third-order valence-electron chi connectivity index (χ3n) is 10.9. The lowest BCUT2D eigenvalue weighted by molar-refractivity contribution is 0.660. The van der Waals surface area contributed by atoms with Crippen LogP contribution in [-0.2, 0) is 5.41 Å². The normalized spacial score (nSPS) is 15.6. The van der Waals surface area contributed by atoms with Crippen molar-refractivity contribution in [2.24, 2.45) is 0 Å². The Morgan fingerprint density at radius 1 is 0.538 bits per heavy atom. The van der Waals surface area contributed by atoms with Gasteiger partial charge in [-0.15, -0.1) is 11.3 Å². The largest absolute Gasteiger partial charge is 0.208 e. The van der Waals surface area contributed by atoms with E-state index in [9.17, 15) is 0 Å². The van der Waals surface area contributed by atoms with Crippen molar-refractivity contribution in [3.8, 4) is 56.4 Å². The maximum absolute atomic E-state index is 5.25. The highest BCUT2D eigenvalue weighted by molar-refractivity contribution is 7.26. The first kappa shape index (κ1) is 30.8. The molecule has 0 bridgehead atoms. The first-order chi connectivity index (χ1) is 25.5. The monoisotopic (exact) mass is 685 g/mol. The Bertz CT molecular complexity index is 2750. The van der Waals surface area contributed by atoms with Crippen molar-refractivity contribution >= 4 is 31.5 Å². The number of benzene rings is 6. The zero-order chi connectivity index (χ0) is 34.8. The third kappa shape index (κ3) is 5.05. The van der Waals surface area contributed by atoms with Crippen LogP contribution in [0.2, 0.25) is 0 Å². The van der Waals surface area contributed by atoms with E-state index in [0.717, 1.165) is 28.7 Å². The second-order valence-electron chi connectivity index (χ2n) is 14.4. The van der Waals surface area contributed by atoms with Gasteiger partial charge in [0.05, 0.1) is 0 Å². The average Bonchev–Trinajstić information content (AvgIpc) is 3.70. The molecule has 2 heterocycles. The van der Waals surface area contributed by atoms with E-state index in [1.54, 1.807) is 11.3 Å². The quantitative estimate of drug-likeness (QED) is 0.181. The lowest BCUT2D eigenvalue weighted by Crippen LogP contribution is -2.15. The second-order valence-corrected chi connectivity index (χ2v) is 15.4. The van der Waals surface area contributed by atoms with Crippen LogP contribution in [0, 0.1) is 0 Å². The number of rotatable bonds is 5. The van der Waals surface area contributed by atoms with Crippen molar-refractivity contribution in [2.75, 3.05) is 0 Å². The van der Waals surface area contributed by atoms with E-state index in [1.807, 2.05) is 0 Å². The highest BCUT2D eigenvalue weighted by Crippen LogP contribution is 2.49. The molecule has 0 amide bonds. The lowest BCUT2D eigenvalue weighted by Gasteiger charge is -2.21. The van der Waals surface area contributed by atoms with Gasteiger partial charge in [-0.3, -0.25) is 0 Å². The van der Waals surface area contributed by atoms with Gasteiger partial charge in [-0.2, -0.15) is 0 Å². The fraction of sp³-hybridized carbons (Fsp3) is 0.104. The molecule has 6 aromatic carbocycles. The topological polar surface area (TPSA) is 38.7 Å². The molecule has 4 heteroatoms. The molecule has 2 aromatic heterocycles. The Morgan fingerprint density at radius 3 is 2.06 bits per heavy atom. The van der Waals surface area contributed by atoms with E-state index in [1.165, 1.54) is 53.6 Å². The van der Waals surface area contributed by atoms with Gasteiger partial charge in [0.15, 0.2) is 17.5 Å². The molecule has 0 N–H and O–H groups in total. The van der Waals surface area contributed by atoms with Crippen LogP contribution in [0.5, 0.6) is 0 Å². The van der Waals surface area contributed by atoms with Crippen molar-refractivity contribution in [3.63, 3.8) is 0 Å². The molecule has 2 aliphatic carbocycles. The predicted octanol–water partition coefficient (Wildman–Crippen LogP) is 12.8. The first-order valence-corrected chi connectivity index (χ1v) is 18.8. The SMILES string of the molecule is CC1(C)c2ccccc2-c2ccc(-c3nc(-c4cccc(-c5ccc(C6C=CC=CC6)cc5)c4)nc(-c4cccc5c4sc4ccccc45)n3)cc21. The number of hydrogen-bond donors (Lipinski definition) is 0. The minimum absolute atomic E-state index is 0.128. The molecule has 8 aromatic rings. The summed E-state index contributed by atoms with van der Waals surface area (Å²) >= 11 is 1.80. The van der Waals surface area contributed by atoms with Crippen LogP contribution in [0.4, 0.5) is 0 Å². The predicted molar refractivity (Wildman–Crippen MR) is 218 cm³/mol. The number of aromatic nitrogens is 3. The number of thiophene rings is 1. The standard InChI is InChI=1S/C48H35N3S/c1-48(2)41-20-8-6-16-36(41)37-27-26-35(29-42(37)48)46-49-45(50-47(51-46)40-19-11-18-39-38-17-7-9-21-43(38)52-44(39)40)34-15-10-14-33(28-34)32-24-22-31(23-25-32)30-12-4-3-5-13-30/h3-12,14-30H,13H2,1-2H3. The van der Waals surface area contributed by atoms with Gasteiger partial charge in [0.25, 0.3) is 0 Å². The zero-order valence-corrected chi connectivity index (χ0v) is 29.9. The van der Waals surface area contributed by atoms with Gasteiger partial charge in [0.1, 0.15) is 0 Å². The van der Waals surface area contributed by atoms with Crippen molar-refractivity contribution in [2.45, 2.75) is 31.6 Å². The van der Waals surface area contributed by atoms with Gasteiger partial charge in [-0.25, -0.2) is 15.0 Å². The fourth-order valence-corrected chi connectivity index (χ4v) is 9.32. The van der Waals surface area contributed by atoms with Crippen molar-refractivity contribution < 1.29 is 0 Å². The molecule has 1 atom stereocenters. The molecule has 0 spiro atoms. The second kappa shape index (κ2) is 12.1. The lowest BCUT2D eigenvalue weighted by atomic mass is 9.82. The highest BCUT2D eigenvalue weighted by atomic mass is 32.1. The summed E-state index contributed by atoms with van der Waals surface area (Å²) in [6.45, 7) is 4.63. The molecule has 248 valence electrons. The molecule has 1 unspecified atom stereocenters. The molecule has 52 heavy (non-hydrogen) atoms. The molecular weight excluding hydrogens is 651 g/mol. The number of fused-ring (bicyclic) bond motifs is 6. The minimum atomic E-state index is -0.128. The Hall–Kier alpha value is -5.97. The summed E-state index contributed by atoms with van der Waals surface area (Å²) < 4.78 is 2.45. The molecule has 10 rings (SSSR count). The Labute approximate surface area is 307 Å². The van der Waals surface area contributed by atoms with Gasteiger partial charge in [-0.1, -0.05) is 147 Å². The van der Waals surface area contributed by atoms with Crippen LogP contribution in [-0.4, -0.2) is 15.0 Å². The number of hydrogen-bond acceptors (Lipinski definition) is 4. The van der Waals surface area contributed by atoms with Gasteiger partial charge in [0, 0.05) is 48.2 Å². The van der Waals surface area contributed by atoms with Crippen LogP contribution >= 0.6 is 11.3 Å². The maximum Gasteiger partial charge on any atom is 0.165 e. The molecule has 3 nitrogen and oxygen atoms in total. The Kier molecular flexibility index (Phi) is 7.16. The minimum Gasteiger partial charge on any atom is -0.208 e. The van der Waals surface area contributed by atoms with E-state index in [0.29, 0.717) is 23.4 Å². The smallest absolute Gasteiger partial charge is 0.165 e. The molecular formula is C48H35N3S. The van der Waals surface area contributed by atoms with Crippen LogP contribution in [0.3, 0.4) is 0 Å². The van der Waals surface area contributed by atoms with Crippen molar-refractivity contribution in [1.29, 1.82) is 0 Å². The molecule has 0 saturated carbocycles. The van der Waals surface area contributed by atoms with Gasteiger partial charge < -0.3 is 0 Å². The molecule has 0 aliphatic heterocycles. The van der Waals surface area contributed by atoms with Crippen molar-refractivity contribution in [1.82, 2.24) is 15.0 Å². The highest BCUT2D eigenvalue weighted by Gasteiger charge is 2.35. The summed E-state index contributed by atoms with van der Waals surface area (Å²) in [4.78, 5) is 15.7. The van der Waals surface area contributed by atoms with E-state index in [4.69, 9.17) is 15.0 Å². The zero-order valence-electron chi connectivity index (χ0n) is 29.0. The number of allylic oxidation sites excluding steroid dienone is 4. The summed E-state index contributed by atoms with van der Waals surface area (Å²) in [6.07, 6.45) is 9.84. The molecule has 0 fully saturated rings. The van der Waals surface area contributed by atoms with Gasteiger partial charge >= 0.3 is 0 Å². The summed E-state index contributed by atoms with van der Waals surface area (Å²) in [7, 11) is 0. The van der Waals surface area contributed by atoms with Gasteiger partial charge in [-0.05, 0) is 69.6 Å². The van der Waals surface area contributed by atoms with E-state index in [2.05, 4.69) is 172 Å². The van der Waals surface area contributed by atoms with Gasteiger partial charge in [0.2, 0.25) is 0 Å². The fourth-order valence-electron chi connectivity index (χ4n) is 8.11. The summed E-state index contributed by atoms with van der Waals surface area (Å²) in [5.41, 5.74) is 11.7. The first-order valence-electron chi connectivity index (χ1n) is 18.0. The average molecular weight is 686 g/mol. The third-order valence-corrected chi connectivity index (χ3v) is 12.1. The Balaban J connectivity index is 1.12. The van der Waals surface area contributed by atoms with Crippen LogP contribution in [0.1, 0.15) is 42.9 Å². The maximum atomic E-state index is 5.25. The van der Waals surface area contributed by atoms with E-state index in [-0.39, 0.29) is 5.41 Å². The summed E-state index contributed by atoms with van der Waals surface area (Å²) in [5, 5.41) is 2.48. The Morgan fingerprint density at radius 2 is 1.21 bits per heavy atom. The van der Waals surface area contributed by atoms with Crippen molar-refractivity contribution in [3.05, 3.63) is 174 Å². The van der Waals surface area contributed by atoms with Crippen LogP contribution < -0.4 is 0 Å². The number of nitrogens with zero attached hydrogens (tertiary/aromatic N) is 3. The molecule has 0 saturated heterocycles. The van der Waals surface area contributed by atoms with Crippen LogP contribution in [0.25, 0.3) is 76.6 Å². The summed E-state index contributed by atoms with van der Waals surface area (Å²) in [6, 6.07) is 48.2. The van der Waals surface area contributed by atoms with Crippen LogP contribution in [0.15, 0.2) is 158 Å².